The summed E-state index contributed by atoms with van der Waals surface area (Å²) in [6.45, 7) is 6.35. The van der Waals surface area contributed by atoms with Crippen LogP contribution in [0.4, 0.5) is 4.39 Å². The fraction of sp³-hybridized carbons (Fsp3) is 0.381. The number of benzene rings is 1. The van der Waals surface area contributed by atoms with Gasteiger partial charge in [0, 0.05) is 17.4 Å². The Morgan fingerprint density at radius 1 is 1.36 bits per heavy atom. The van der Waals surface area contributed by atoms with E-state index in [0.717, 1.165) is 37.1 Å². The van der Waals surface area contributed by atoms with Gasteiger partial charge in [0.25, 0.3) is 0 Å². The molecule has 1 heterocycles. The lowest BCUT2D eigenvalue weighted by atomic mass is 9.60. The molecule has 0 saturated heterocycles. The molecule has 4 heteroatoms. The van der Waals surface area contributed by atoms with E-state index in [9.17, 15) is 9.50 Å². The van der Waals surface area contributed by atoms with Crippen molar-refractivity contribution in [2.45, 2.75) is 32.6 Å². The van der Waals surface area contributed by atoms with E-state index in [1.165, 1.54) is 23.3 Å². The zero-order chi connectivity index (χ0) is 17.7. The third-order valence-corrected chi connectivity index (χ3v) is 6.40. The summed E-state index contributed by atoms with van der Waals surface area (Å²) >= 11 is 0. The number of fused-ring (bicyclic) bond motifs is 2. The Morgan fingerprint density at radius 2 is 2.12 bits per heavy atom. The first kappa shape index (κ1) is 16.3. The van der Waals surface area contributed by atoms with E-state index in [-0.39, 0.29) is 23.3 Å². The molecule has 0 aliphatic heterocycles. The van der Waals surface area contributed by atoms with E-state index < -0.39 is 0 Å². The van der Waals surface area contributed by atoms with Crippen LogP contribution in [0.15, 0.2) is 48.7 Å². The normalized spacial score (nSPS) is 27.6. The van der Waals surface area contributed by atoms with Crippen LogP contribution in [0.3, 0.4) is 0 Å². The number of hydrogen-bond donors (Lipinski definition) is 1. The molecular formula is C21H23FN2O. The van der Waals surface area contributed by atoms with Gasteiger partial charge in [0.15, 0.2) is 0 Å². The molecule has 25 heavy (non-hydrogen) atoms. The van der Waals surface area contributed by atoms with E-state index in [0.29, 0.717) is 0 Å². The second kappa shape index (κ2) is 5.67. The Labute approximate surface area is 147 Å². The molecule has 2 atom stereocenters. The Hall–Kier alpha value is -2.20. The van der Waals surface area contributed by atoms with Gasteiger partial charge in [-0.3, -0.25) is 0 Å². The maximum Gasteiger partial charge on any atom is 0.123 e. The zero-order valence-electron chi connectivity index (χ0n) is 14.5. The van der Waals surface area contributed by atoms with Crippen LogP contribution >= 0.6 is 0 Å². The first-order valence-corrected chi connectivity index (χ1v) is 8.79. The number of aromatic nitrogens is 2. The lowest BCUT2D eigenvalue weighted by Gasteiger charge is -2.44. The summed E-state index contributed by atoms with van der Waals surface area (Å²) < 4.78 is 15.1. The molecule has 0 spiro atoms. The number of nitrogens with zero attached hydrogens (tertiary/aromatic N) is 2. The van der Waals surface area contributed by atoms with Crippen LogP contribution in [-0.2, 0) is 6.42 Å². The Kier molecular flexibility index (Phi) is 3.69. The smallest absolute Gasteiger partial charge is 0.123 e. The van der Waals surface area contributed by atoms with Crippen molar-refractivity contribution in [2.24, 2.45) is 10.8 Å². The van der Waals surface area contributed by atoms with Crippen molar-refractivity contribution < 1.29 is 9.50 Å². The predicted octanol–water partition coefficient (Wildman–Crippen LogP) is 4.31. The molecule has 2 aliphatic rings. The summed E-state index contributed by atoms with van der Waals surface area (Å²) in [5, 5.41) is 14.7. The first-order valence-electron chi connectivity index (χ1n) is 8.79. The largest absolute Gasteiger partial charge is 0.396 e. The third kappa shape index (κ3) is 2.24. The third-order valence-electron chi connectivity index (χ3n) is 6.40. The Bertz CT molecular complexity index is 851. The number of hydrogen-bond acceptors (Lipinski definition) is 2. The molecule has 1 aromatic carbocycles. The SMILES string of the molecule is C=CC[C@]1(CO)CCC2=Cc3c(cnn3-c3ccc(F)cc3)CC21C. The van der Waals surface area contributed by atoms with Crippen LogP contribution in [-0.4, -0.2) is 21.5 Å². The molecule has 3 nitrogen and oxygen atoms in total. The molecule has 1 aromatic heterocycles. The van der Waals surface area contributed by atoms with Crippen molar-refractivity contribution in [3.63, 3.8) is 0 Å². The van der Waals surface area contributed by atoms with Crippen molar-refractivity contribution in [2.75, 3.05) is 6.61 Å². The van der Waals surface area contributed by atoms with E-state index >= 15 is 0 Å². The summed E-state index contributed by atoms with van der Waals surface area (Å²) in [5.41, 5.74) is 4.28. The van der Waals surface area contributed by atoms with Gasteiger partial charge in [-0.15, -0.1) is 6.58 Å². The van der Waals surface area contributed by atoms with E-state index in [2.05, 4.69) is 24.7 Å². The second-order valence-corrected chi connectivity index (χ2v) is 7.55. The highest BCUT2D eigenvalue weighted by molar-refractivity contribution is 5.62. The standard InChI is InChI=1S/C21H23FN2O/c1-3-9-21(14-25)10-8-16-11-19-15(12-20(16,21)2)13-23-24(19)18-6-4-17(22)5-7-18/h3-7,11,13,25H,1,8-10,12,14H2,2H3/t20?,21-/m1/s1. The van der Waals surface area contributed by atoms with E-state index in [1.54, 1.807) is 12.1 Å². The van der Waals surface area contributed by atoms with Gasteiger partial charge in [-0.05, 0) is 61.6 Å². The number of allylic oxidation sites excluding steroid dienone is 2. The fourth-order valence-corrected chi connectivity index (χ4v) is 4.74. The maximum absolute atomic E-state index is 13.2. The van der Waals surface area contributed by atoms with Crippen LogP contribution < -0.4 is 0 Å². The zero-order valence-corrected chi connectivity index (χ0v) is 14.5. The topological polar surface area (TPSA) is 38.1 Å². The first-order chi connectivity index (χ1) is 12.0. The number of rotatable bonds is 4. The van der Waals surface area contributed by atoms with E-state index in [4.69, 9.17) is 0 Å². The summed E-state index contributed by atoms with van der Waals surface area (Å²) in [7, 11) is 0. The number of aliphatic hydroxyl groups is 1. The molecule has 1 unspecified atom stereocenters. The summed E-state index contributed by atoms with van der Waals surface area (Å²) in [4.78, 5) is 0. The van der Waals surface area contributed by atoms with Gasteiger partial charge in [-0.25, -0.2) is 9.07 Å². The molecular weight excluding hydrogens is 315 g/mol. The molecule has 2 aromatic rings. The lowest BCUT2D eigenvalue weighted by molar-refractivity contribution is 0.0381. The molecule has 0 radical (unpaired) electrons. The molecule has 0 amide bonds. The molecule has 2 aliphatic carbocycles. The average molecular weight is 338 g/mol. The highest BCUT2D eigenvalue weighted by Gasteiger charge is 2.54. The average Bonchev–Trinajstić information content (AvgIpc) is 3.13. The van der Waals surface area contributed by atoms with Crippen molar-refractivity contribution in [3.8, 4) is 5.69 Å². The van der Waals surface area contributed by atoms with Crippen LogP contribution in [0.1, 0.15) is 37.4 Å². The van der Waals surface area contributed by atoms with Crippen LogP contribution in [0, 0.1) is 16.6 Å². The molecule has 4 rings (SSSR count). The maximum atomic E-state index is 13.2. The Balaban J connectivity index is 1.79. The lowest BCUT2D eigenvalue weighted by Crippen LogP contribution is -2.41. The van der Waals surface area contributed by atoms with Crippen molar-refractivity contribution >= 4 is 6.08 Å². The number of halogens is 1. The van der Waals surface area contributed by atoms with Gasteiger partial charge < -0.3 is 5.11 Å². The van der Waals surface area contributed by atoms with Crippen molar-refractivity contribution in [1.29, 1.82) is 0 Å². The van der Waals surface area contributed by atoms with Crippen LogP contribution in [0.25, 0.3) is 11.8 Å². The van der Waals surface area contributed by atoms with Gasteiger partial charge in [0.05, 0.1) is 17.6 Å². The highest BCUT2D eigenvalue weighted by Crippen LogP contribution is 2.61. The Morgan fingerprint density at radius 3 is 2.80 bits per heavy atom. The van der Waals surface area contributed by atoms with Gasteiger partial charge in [-0.1, -0.05) is 18.6 Å². The van der Waals surface area contributed by atoms with E-state index in [1.807, 2.05) is 17.0 Å². The van der Waals surface area contributed by atoms with Gasteiger partial charge in [-0.2, -0.15) is 5.10 Å². The monoisotopic (exact) mass is 338 g/mol. The summed E-state index contributed by atoms with van der Waals surface area (Å²) in [5.74, 6) is -0.247. The predicted molar refractivity (Wildman–Crippen MR) is 96.9 cm³/mol. The van der Waals surface area contributed by atoms with Crippen LogP contribution in [0.2, 0.25) is 0 Å². The van der Waals surface area contributed by atoms with Crippen LogP contribution in [0.5, 0.6) is 0 Å². The quantitative estimate of drug-likeness (QED) is 0.844. The number of aliphatic hydroxyl groups excluding tert-OH is 1. The molecule has 0 bridgehead atoms. The molecule has 1 saturated carbocycles. The second-order valence-electron chi connectivity index (χ2n) is 7.55. The summed E-state index contributed by atoms with van der Waals surface area (Å²) in [6, 6.07) is 6.42. The summed E-state index contributed by atoms with van der Waals surface area (Å²) in [6.07, 6.45) is 9.72. The minimum Gasteiger partial charge on any atom is -0.396 e. The van der Waals surface area contributed by atoms with Gasteiger partial charge in [0.1, 0.15) is 5.82 Å². The van der Waals surface area contributed by atoms with Gasteiger partial charge >= 0.3 is 0 Å². The minimum atomic E-state index is -0.247. The molecule has 1 fully saturated rings. The fourth-order valence-electron chi connectivity index (χ4n) is 4.74. The van der Waals surface area contributed by atoms with Gasteiger partial charge in [0.2, 0.25) is 0 Å². The highest BCUT2D eigenvalue weighted by atomic mass is 19.1. The van der Waals surface area contributed by atoms with Crippen molar-refractivity contribution in [1.82, 2.24) is 9.78 Å². The van der Waals surface area contributed by atoms with Crippen molar-refractivity contribution in [3.05, 3.63) is 65.8 Å². The minimum absolute atomic E-state index is 0.0698. The molecule has 130 valence electrons. The molecule has 1 N–H and O–H groups in total.